The fourth-order valence-corrected chi connectivity index (χ4v) is 3.57. The Morgan fingerprint density at radius 2 is 2.09 bits per heavy atom. The Bertz CT molecular complexity index is 575. The van der Waals surface area contributed by atoms with Crippen molar-refractivity contribution in [2.75, 3.05) is 32.1 Å². The Hall–Kier alpha value is -1.82. The van der Waals surface area contributed by atoms with Crippen LogP contribution in [0.5, 0.6) is 5.75 Å². The lowest BCUT2D eigenvalue weighted by molar-refractivity contribution is 0.202. The van der Waals surface area contributed by atoms with Crippen molar-refractivity contribution in [3.8, 4) is 5.75 Å². The molecule has 2 saturated heterocycles. The second kappa shape index (κ2) is 6.74. The first-order valence-electron chi connectivity index (χ1n) is 8.23. The summed E-state index contributed by atoms with van der Waals surface area (Å²) >= 11 is 0. The number of carbonyl (C=O) groups excluding carboxylic acids is 1. The molecule has 2 heterocycles. The SMILES string of the molecule is COc1ccc(F)c(NC(=O)N2CC(N3CCCC3)CC2C)c1. The molecular weight excluding hydrogens is 297 g/mol. The Balaban J connectivity index is 1.66. The topological polar surface area (TPSA) is 44.8 Å². The molecule has 5 nitrogen and oxygen atoms in total. The van der Waals surface area contributed by atoms with Crippen molar-refractivity contribution >= 4 is 11.7 Å². The van der Waals surface area contributed by atoms with Gasteiger partial charge in [-0.15, -0.1) is 0 Å². The standard InChI is InChI=1S/C17H24FN3O2/c1-12-9-13(20-7-3-4-8-20)11-21(12)17(22)19-16-10-14(23-2)5-6-15(16)18/h5-6,10,12-13H,3-4,7-9,11H2,1-2H3,(H,19,22). The molecule has 2 atom stereocenters. The smallest absolute Gasteiger partial charge is 0.322 e. The summed E-state index contributed by atoms with van der Waals surface area (Å²) in [6.07, 6.45) is 3.46. The van der Waals surface area contributed by atoms with Crippen LogP contribution in [0.2, 0.25) is 0 Å². The molecule has 6 heteroatoms. The Labute approximate surface area is 136 Å². The lowest BCUT2D eigenvalue weighted by Gasteiger charge is -2.24. The lowest BCUT2D eigenvalue weighted by Crippen LogP contribution is -2.40. The van der Waals surface area contributed by atoms with Gasteiger partial charge in [0.2, 0.25) is 0 Å². The van der Waals surface area contributed by atoms with E-state index >= 15 is 0 Å². The molecule has 0 aliphatic carbocycles. The van der Waals surface area contributed by atoms with Gasteiger partial charge in [-0.2, -0.15) is 0 Å². The summed E-state index contributed by atoms with van der Waals surface area (Å²) < 4.78 is 19.0. The molecule has 0 spiro atoms. The zero-order valence-electron chi connectivity index (χ0n) is 13.7. The molecule has 0 saturated carbocycles. The molecule has 0 radical (unpaired) electrons. The predicted molar refractivity (Wildman–Crippen MR) is 87.4 cm³/mol. The van der Waals surface area contributed by atoms with E-state index in [9.17, 15) is 9.18 Å². The first-order chi connectivity index (χ1) is 11.1. The monoisotopic (exact) mass is 321 g/mol. The van der Waals surface area contributed by atoms with E-state index in [4.69, 9.17) is 4.74 Å². The van der Waals surface area contributed by atoms with E-state index in [-0.39, 0.29) is 17.8 Å². The second-order valence-corrected chi connectivity index (χ2v) is 6.41. The summed E-state index contributed by atoms with van der Waals surface area (Å²) in [5.41, 5.74) is 0.158. The first kappa shape index (κ1) is 16.1. The van der Waals surface area contributed by atoms with Gasteiger partial charge in [0.25, 0.3) is 0 Å². The van der Waals surface area contributed by atoms with Crippen LogP contribution in [0.3, 0.4) is 0 Å². The van der Waals surface area contributed by atoms with E-state index in [0.29, 0.717) is 18.3 Å². The number of nitrogens with one attached hydrogen (secondary N) is 1. The number of hydrogen-bond donors (Lipinski definition) is 1. The van der Waals surface area contributed by atoms with Gasteiger partial charge in [0.1, 0.15) is 11.6 Å². The van der Waals surface area contributed by atoms with Crippen molar-refractivity contribution in [2.45, 2.75) is 38.3 Å². The van der Waals surface area contributed by atoms with Crippen LogP contribution < -0.4 is 10.1 Å². The van der Waals surface area contributed by atoms with E-state index in [1.54, 1.807) is 0 Å². The summed E-state index contributed by atoms with van der Waals surface area (Å²) in [4.78, 5) is 16.8. The number of amides is 2. The van der Waals surface area contributed by atoms with Gasteiger partial charge in [-0.25, -0.2) is 9.18 Å². The summed E-state index contributed by atoms with van der Waals surface area (Å²) in [5, 5.41) is 2.68. The lowest BCUT2D eigenvalue weighted by atomic mass is 10.2. The molecule has 23 heavy (non-hydrogen) atoms. The van der Waals surface area contributed by atoms with Crippen molar-refractivity contribution in [2.24, 2.45) is 0 Å². The van der Waals surface area contributed by atoms with Crippen molar-refractivity contribution in [3.63, 3.8) is 0 Å². The average molecular weight is 321 g/mol. The summed E-state index contributed by atoms with van der Waals surface area (Å²) in [6, 6.07) is 4.68. The van der Waals surface area contributed by atoms with Gasteiger partial charge in [0.15, 0.2) is 0 Å². The molecule has 2 unspecified atom stereocenters. The minimum Gasteiger partial charge on any atom is -0.497 e. The third-order valence-corrected chi connectivity index (χ3v) is 4.89. The van der Waals surface area contributed by atoms with E-state index in [0.717, 1.165) is 19.5 Å². The van der Waals surface area contributed by atoms with Crippen molar-refractivity contribution in [1.82, 2.24) is 9.80 Å². The number of hydrogen-bond acceptors (Lipinski definition) is 3. The van der Waals surface area contributed by atoms with Crippen LogP contribution in [-0.2, 0) is 0 Å². The number of ether oxygens (including phenoxy) is 1. The highest BCUT2D eigenvalue weighted by atomic mass is 19.1. The maximum atomic E-state index is 13.9. The maximum Gasteiger partial charge on any atom is 0.322 e. The molecule has 0 bridgehead atoms. The largest absolute Gasteiger partial charge is 0.497 e. The van der Waals surface area contributed by atoms with E-state index < -0.39 is 5.82 Å². The Kier molecular flexibility index (Phi) is 4.71. The summed E-state index contributed by atoms with van der Waals surface area (Å²) in [5.74, 6) is 0.0632. The van der Waals surface area contributed by atoms with E-state index in [1.165, 1.54) is 38.2 Å². The van der Waals surface area contributed by atoms with Crippen molar-refractivity contribution in [3.05, 3.63) is 24.0 Å². The number of methoxy groups -OCH3 is 1. The predicted octanol–water partition coefficient (Wildman–Crippen LogP) is 2.92. The molecule has 3 rings (SSSR count). The number of urea groups is 1. The van der Waals surface area contributed by atoms with Gasteiger partial charge < -0.3 is 15.0 Å². The molecule has 126 valence electrons. The van der Waals surface area contributed by atoms with Gasteiger partial charge in [-0.1, -0.05) is 0 Å². The van der Waals surface area contributed by atoms with Crippen LogP contribution in [0.4, 0.5) is 14.9 Å². The Morgan fingerprint density at radius 3 is 2.78 bits per heavy atom. The number of anilines is 1. The van der Waals surface area contributed by atoms with Crippen LogP contribution >= 0.6 is 0 Å². The molecule has 2 fully saturated rings. The molecule has 1 aromatic carbocycles. The number of halogens is 1. The molecular formula is C17H24FN3O2. The van der Waals surface area contributed by atoms with E-state index in [2.05, 4.69) is 17.1 Å². The first-order valence-corrected chi connectivity index (χ1v) is 8.23. The quantitative estimate of drug-likeness (QED) is 0.931. The molecule has 0 aromatic heterocycles. The second-order valence-electron chi connectivity index (χ2n) is 6.41. The molecule has 1 aromatic rings. The number of nitrogens with zero attached hydrogens (tertiary/aromatic N) is 2. The molecule has 2 aliphatic heterocycles. The van der Waals surface area contributed by atoms with Gasteiger partial charge in [0.05, 0.1) is 12.8 Å². The minimum absolute atomic E-state index is 0.158. The van der Waals surface area contributed by atoms with Gasteiger partial charge in [-0.05, 0) is 51.4 Å². The zero-order valence-corrected chi connectivity index (χ0v) is 13.7. The molecule has 2 aliphatic rings. The third kappa shape index (κ3) is 3.42. The van der Waals surface area contributed by atoms with Crippen molar-refractivity contribution in [1.29, 1.82) is 0 Å². The number of rotatable bonds is 3. The highest BCUT2D eigenvalue weighted by molar-refractivity contribution is 5.90. The van der Waals surface area contributed by atoms with E-state index in [1.807, 2.05) is 4.90 Å². The maximum absolute atomic E-state index is 13.9. The van der Waals surface area contributed by atoms with Gasteiger partial charge in [-0.3, -0.25) is 4.90 Å². The number of likely N-dealkylation sites (tertiary alicyclic amines) is 2. The summed E-state index contributed by atoms with van der Waals surface area (Å²) in [6.45, 7) is 5.00. The third-order valence-electron chi connectivity index (χ3n) is 4.89. The molecule has 2 amide bonds. The zero-order chi connectivity index (χ0) is 16.4. The fourth-order valence-electron chi connectivity index (χ4n) is 3.57. The van der Waals surface area contributed by atoms with Crippen LogP contribution in [0, 0.1) is 5.82 Å². The normalized spacial score (nSPS) is 24.9. The van der Waals surface area contributed by atoms with Crippen LogP contribution in [-0.4, -0.2) is 54.7 Å². The highest BCUT2D eigenvalue weighted by Crippen LogP contribution is 2.27. The highest BCUT2D eigenvalue weighted by Gasteiger charge is 2.36. The van der Waals surface area contributed by atoms with Crippen molar-refractivity contribution < 1.29 is 13.9 Å². The van der Waals surface area contributed by atoms with Gasteiger partial charge >= 0.3 is 6.03 Å². The van der Waals surface area contributed by atoms with Crippen LogP contribution in [0.25, 0.3) is 0 Å². The van der Waals surface area contributed by atoms with Crippen LogP contribution in [0.15, 0.2) is 18.2 Å². The summed E-state index contributed by atoms with van der Waals surface area (Å²) in [7, 11) is 1.52. The minimum atomic E-state index is -0.456. The number of benzene rings is 1. The molecule has 1 N–H and O–H groups in total. The van der Waals surface area contributed by atoms with Gasteiger partial charge in [0, 0.05) is 24.7 Å². The fraction of sp³-hybridized carbons (Fsp3) is 0.588. The average Bonchev–Trinajstić information content (AvgIpc) is 3.18. The van der Waals surface area contributed by atoms with Crippen LogP contribution in [0.1, 0.15) is 26.2 Å². The Morgan fingerprint density at radius 1 is 1.35 bits per heavy atom. The number of carbonyl (C=O) groups is 1.